The summed E-state index contributed by atoms with van der Waals surface area (Å²) < 4.78 is 0. The Morgan fingerprint density at radius 1 is 1.39 bits per heavy atom. The number of carboxylic acid groups (broad SMARTS) is 1. The van der Waals surface area contributed by atoms with Crippen molar-refractivity contribution in [3.05, 3.63) is 29.8 Å². The van der Waals surface area contributed by atoms with Crippen LogP contribution in [0.1, 0.15) is 12.5 Å². The minimum Gasteiger partial charge on any atom is -0.480 e. The molecule has 1 aromatic carbocycles. The molecule has 0 saturated heterocycles. The van der Waals surface area contributed by atoms with Gasteiger partial charge >= 0.3 is 5.97 Å². The van der Waals surface area contributed by atoms with Crippen molar-refractivity contribution >= 4 is 29.3 Å². The summed E-state index contributed by atoms with van der Waals surface area (Å²) in [5.41, 5.74) is 7.20. The van der Waals surface area contributed by atoms with Crippen molar-refractivity contribution < 1.29 is 14.7 Å². The number of thioether (sulfide) groups is 1. The van der Waals surface area contributed by atoms with E-state index in [1.807, 2.05) is 24.3 Å². The van der Waals surface area contributed by atoms with Gasteiger partial charge in [-0.1, -0.05) is 12.1 Å². The molecule has 0 aromatic heterocycles. The number of anilines is 1. The molecule has 6 heteroatoms. The number of carboxylic acids is 1. The minimum atomic E-state index is -0.983. The zero-order valence-corrected chi connectivity index (χ0v) is 10.9. The molecule has 4 N–H and O–H groups in total. The standard InChI is InChI=1S/C12H16N2O3S/c1-8(15)14-10-4-2-9(3-5-10)6-18-7-11(13)12(16)17/h2-5,11H,6-7,13H2,1H3,(H,14,15)(H,16,17). The average Bonchev–Trinajstić information content (AvgIpc) is 2.30. The number of amides is 1. The van der Waals surface area contributed by atoms with Crippen molar-refractivity contribution in [3.8, 4) is 0 Å². The molecule has 1 rings (SSSR count). The van der Waals surface area contributed by atoms with Crippen LogP contribution in [0.4, 0.5) is 5.69 Å². The number of nitrogens with two attached hydrogens (primary N) is 1. The number of hydrogen-bond acceptors (Lipinski definition) is 4. The van der Waals surface area contributed by atoms with E-state index in [4.69, 9.17) is 10.8 Å². The van der Waals surface area contributed by atoms with E-state index >= 15 is 0 Å². The van der Waals surface area contributed by atoms with Crippen LogP contribution in [0.3, 0.4) is 0 Å². The summed E-state index contributed by atoms with van der Waals surface area (Å²) in [6, 6.07) is 6.59. The SMILES string of the molecule is CC(=O)Nc1ccc(CSCC(N)C(=O)O)cc1. The van der Waals surface area contributed by atoms with E-state index in [0.29, 0.717) is 11.5 Å². The number of benzene rings is 1. The van der Waals surface area contributed by atoms with Gasteiger partial charge in [0.15, 0.2) is 0 Å². The van der Waals surface area contributed by atoms with E-state index in [-0.39, 0.29) is 5.91 Å². The molecule has 1 atom stereocenters. The van der Waals surface area contributed by atoms with Gasteiger partial charge in [0.25, 0.3) is 0 Å². The molecule has 0 radical (unpaired) electrons. The normalized spacial score (nSPS) is 11.9. The number of carbonyl (C=O) groups is 2. The summed E-state index contributed by atoms with van der Waals surface area (Å²) in [5, 5.41) is 11.3. The molecule has 0 aliphatic carbocycles. The average molecular weight is 268 g/mol. The number of aliphatic carboxylic acids is 1. The maximum absolute atomic E-state index is 10.8. The quantitative estimate of drug-likeness (QED) is 0.723. The first-order valence-corrected chi connectivity index (χ1v) is 6.57. The molecule has 0 spiro atoms. The molecule has 1 amide bonds. The van der Waals surface area contributed by atoms with Crippen molar-refractivity contribution in [2.24, 2.45) is 5.73 Å². The number of carbonyl (C=O) groups excluding carboxylic acids is 1. The molecule has 0 aliphatic heterocycles. The van der Waals surface area contributed by atoms with E-state index < -0.39 is 12.0 Å². The smallest absolute Gasteiger partial charge is 0.321 e. The fourth-order valence-corrected chi connectivity index (χ4v) is 2.21. The van der Waals surface area contributed by atoms with Crippen LogP contribution in [-0.4, -0.2) is 28.8 Å². The lowest BCUT2D eigenvalue weighted by Gasteiger charge is -2.07. The summed E-state index contributed by atoms with van der Waals surface area (Å²) in [4.78, 5) is 21.3. The lowest BCUT2D eigenvalue weighted by Crippen LogP contribution is -2.32. The fraction of sp³-hybridized carbons (Fsp3) is 0.333. The van der Waals surface area contributed by atoms with Gasteiger partial charge in [-0.25, -0.2) is 0 Å². The highest BCUT2D eigenvalue weighted by Crippen LogP contribution is 2.15. The van der Waals surface area contributed by atoms with Gasteiger partial charge in [-0.05, 0) is 17.7 Å². The lowest BCUT2D eigenvalue weighted by molar-refractivity contribution is -0.137. The zero-order chi connectivity index (χ0) is 13.5. The van der Waals surface area contributed by atoms with Crippen molar-refractivity contribution in [2.45, 2.75) is 18.7 Å². The van der Waals surface area contributed by atoms with Crippen LogP contribution < -0.4 is 11.1 Å². The Morgan fingerprint density at radius 3 is 2.50 bits per heavy atom. The Morgan fingerprint density at radius 2 is 2.00 bits per heavy atom. The van der Waals surface area contributed by atoms with Crippen molar-refractivity contribution in [3.63, 3.8) is 0 Å². The summed E-state index contributed by atoms with van der Waals surface area (Å²) in [6.07, 6.45) is 0. The first-order chi connectivity index (χ1) is 8.49. The molecule has 1 unspecified atom stereocenters. The Balaban J connectivity index is 2.39. The predicted octanol–water partition coefficient (Wildman–Crippen LogP) is 1.29. The van der Waals surface area contributed by atoms with Crippen LogP contribution in [0.15, 0.2) is 24.3 Å². The third-order valence-corrected chi connectivity index (χ3v) is 3.29. The van der Waals surface area contributed by atoms with Crippen molar-refractivity contribution in [1.29, 1.82) is 0 Å². The molecular weight excluding hydrogens is 252 g/mol. The third-order valence-electron chi connectivity index (χ3n) is 2.16. The Kier molecular flexibility index (Phi) is 5.67. The van der Waals surface area contributed by atoms with Crippen LogP contribution >= 0.6 is 11.8 Å². The minimum absolute atomic E-state index is 0.107. The Labute approximate surface area is 110 Å². The number of rotatable bonds is 6. The third kappa shape index (κ3) is 5.20. The highest BCUT2D eigenvalue weighted by Gasteiger charge is 2.10. The van der Waals surface area contributed by atoms with Gasteiger partial charge in [0.05, 0.1) is 0 Å². The lowest BCUT2D eigenvalue weighted by atomic mass is 10.2. The van der Waals surface area contributed by atoms with Crippen LogP contribution in [-0.2, 0) is 15.3 Å². The van der Waals surface area contributed by atoms with E-state index in [0.717, 1.165) is 11.3 Å². The summed E-state index contributed by atoms with van der Waals surface area (Å²) >= 11 is 1.47. The first-order valence-electron chi connectivity index (χ1n) is 5.41. The molecule has 0 heterocycles. The Bertz CT molecular complexity index is 420. The van der Waals surface area contributed by atoms with E-state index in [1.165, 1.54) is 18.7 Å². The summed E-state index contributed by atoms with van der Waals surface area (Å²) in [5.74, 6) is -0.0162. The van der Waals surface area contributed by atoms with Crippen LogP contribution in [0.25, 0.3) is 0 Å². The highest BCUT2D eigenvalue weighted by molar-refractivity contribution is 7.98. The van der Waals surface area contributed by atoms with E-state index in [9.17, 15) is 9.59 Å². The van der Waals surface area contributed by atoms with Crippen molar-refractivity contribution in [1.82, 2.24) is 0 Å². The molecule has 0 saturated carbocycles. The van der Waals surface area contributed by atoms with Crippen LogP contribution in [0.2, 0.25) is 0 Å². The predicted molar refractivity (Wildman–Crippen MR) is 72.5 cm³/mol. The van der Waals surface area contributed by atoms with Gasteiger partial charge in [0.1, 0.15) is 6.04 Å². The maximum Gasteiger partial charge on any atom is 0.321 e. The van der Waals surface area contributed by atoms with Crippen molar-refractivity contribution in [2.75, 3.05) is 11.1 Å². The van der Waals surface area contributed by atoms with Crippen LogP contribution in [0, 0.1) is 0 Å². The number of nitrogens with one attached hydrogen (secondary N) is 1. The molecular formula is C12H16N2O3S. The summed E-state index contributed by atoms with van der Waals surface area (Å²) in [7, 11) is 0. The molecule has 18 heavy (non-hydrogen) atoms. The Hall–Kier alpha value is -1.53. The second-order valence-electron chi connectivity index (χ2n) is 3.84. The number of hydrogen-bond donors (Lipinski definition) is 3. The molecule has 5 nitrogen and oxygen atoms in total. The van der Waals surface area contributed by atoms with Crippen LogP contribution in [0.5, 0.6) is 0 Å². The first kappa shape index (κ1) is 14.5. The van der Waals surface area contributed by atoms with E-state index in [1.54, 1.807) is 0 Å². The largest absolute Gasteiger partial charge is 0.480 e. The molecule has 0 aliphatic rings. The summed E-state index contributed by atoms with van der Waals surface area (Å²) in [6.45, 7) is 1.46. The van der Waals surface area contributed by atoms with Gasteiger partial charge in [-0.15, -0.1) is 0 Å². The van der Waals surface area contributed by atoms with Gasteiger partial charge in [-0.3, -0.25) is 9.59 Å². The monoisotopic (exact) mass is 268 g/mol. The highest BCUT2D eigenvalue weighted by atomic mass is 32.2. The molecule has 0 bridgehead atoms. The second kappa shape index (κ2) is 7.03. The zero-order valence-electron chi connectivity index (χ0n) is 10.1. The van der Waals surface area contributed by atoms with Gasteiger partial charge in [-0.2, -0.15) is 11.8 Å². The molecule has 1 aromatic rings. The topological polar surface area (TPSA) is 92.4 Å². The van der Waals surface area contributed by atoms with Gasteiger partial charge in [0.2, 0.25) is 5.91 Å². The van der Waals surface area contributed by atoms with E-state index in [2.05, 4.69) is 5.32 Å². The van der Waals surface area contributed by atoms with Gasteiger partial charge < -0.3 is 16.2 Å². The fourth-order valence-electron chi connectivity index (χ4n) is 1.26. The molecule has 98 valence electrons. The maximum atomic E-state index is 10.8. The van der Waals surface area contributed by atoms with Gasteiger partial charge in [0, 0.05) is 24.1 Å². The second-order valence-corrected chi connectivity index (χ2v) is 4.87. The molecule has 0 fully saturated rings.